The number of rotatable bonds is 5. The Balaban J connectivity index is 1.30. The largest absolute Gasteiger partial charge is 0.378 e. The zero-order chi connectivity index (χ0) is 22.1. The van der Waals surface area contributed by atoms with Crippen LogP contribution in [-0.2, 0) is 15.9 Å². The summed E-state index contributed by atoms with van der Waals surface area (Å²) < 4.78 is 11.9. The summed E-state index contributed by atoms with van der Waals surface area (Å²) in [6, 6.07) is 8.32. The van der Waals surface area contributed by atoms with Crippen LogP contribution in [0.2, 0.25) is 0 Å². The highest BCUT2D eigenvalue weighted by molar-refractivity contribution is 7.98. The predicted molar refractivity (Wildman–Crippen MR) is 126 cm³/mol. The molecule has 0 spiro atoms. The number of nitrogens with zero attached hydrogens (tertiary/aromatic N) is 6. The van der Waals surface area contributed by atoms with Gasteiger partial charge in [0.15, 0.2) is 10.8 Å². The predicted octanol–water partition coefficient (Wildman–Crippen LogP) is 4.56. The van der Waals surface area contributed by atoms with E-state index in [1.807, 2.05) is 12.1 Å². The second kappa shape index (κ2) is 8.76. The molecule has 1 fully saturated rings. The minimum absolute atomic E-state index is 0.110. The second-order valence-corrected chi connectivity index (χ2v) is 10.5. The van der Waals surface area contributed by atoms with Crippen molar-refractivity contribution in [3.8, 4) is 11.4 Å². The van der Waals surface area contributed by atoms with Gasteiger partial charge in [0, 0.05) is 18.7 Å². The van der Waals surface area contributed by atoms with E-state index >= 15 is 0 Å². The molecule has 4 aromatic rings. The third-order valence-corrected chi connectivity index (χ3v) is 7.45. The minimum Gasteiger partial charge on any atom is -0.378 e. The van der Waals surface area contributed by atoms with Crippen molar-refractivity contribution in [2.45, 2.75) is 37.0 Å². The summed E-state index contributed by atoms with van der Waals surface area (Å²) in [7, 11) is 0. The van der Waals surface area contributed by atoms with Gasteiger partial charge < -0.3 is 14.2 Å². The van der Waals surface area contributed by atoms with Gasteiger partial charge in [-0.3, -0.25) is 0 Å². The molecule has 0 radical (unpaired) electrons. The summed E-state index contributed by atoms with van der Waals surface area (Å²) in [6.07, 6.45) is 1.56. The SMILES string of the molecule is CC(C)(C)c1ccc(-c2noc(CSc3ncnc4nc(N5CCOCC5)sc34)n2)cc1. The van der Waals surface area contributed by atoms with Crippen LogP contribution in [0.15, 0.2) is 40.1 Å². The Morgan fingerprint density at radius 2 is 1.84 bits per heavy atom. The number of thioether (sulfide) groups is 1. The molecule has 0 amide bonds. The third kappa shape index (κ3) is 4.48. The molecule has 0 bridgehead atoms. The van der Waals surface area contributed by atoms with E-state index in [4.69, 9.17) is 14.2 Å². The molecule has 0 saturated carbocycles. The maximum absolute atomic E-state index is 5.49. The summed E-state index contributed by atoms with van der Waals surface area (Å²) in [5.41, 5.74) is 3.05. The molecule has 0 N–H and O–H groups in total. The van der Waals surface area contributed by atoms with Crippen molar-refractivity contribution in [1.82, 2.24) is 25.1 Å². The molecule has 8 nitrogen and oxygen atoms in total. The van der Waals surface area contributed by atoms with E-state index < -0.39 is 0 Å². The number of ether oxygens (including phenoxy) is 1. The lowest BCUT2D eigenvalue weighted by atomic mass is 9.87. The van der Waals surface area contributed by atoms with Gasteiger partial charge in [0.25, 0.3) is 0 Å². The van der Waals surface area contributed by atoms with E-state index in [0.717, 1.165) is 52.4 Å². The molecule has 1 aliphatic rings. The number of hydrogen-bond donors (Lipinski definition) is 0. The van der Waals surface area contributed by atoms with E-state index in [0.29, 0.717) is 17.5 Å². The zero-order valence-electron chi connectivity index (χ0n) is 18.2. The van der Waals surface area contributed by atoms with Crippen LogP contribution in [0.25, 0.3) is 21.7 Å². The molecule has 10 heteroatoms. The van der Waals surface area contributed by atoms with Gasteiger partial charge >= 0.3 is 0 Å². The quantitative estimate of drug-likeness (QED) is 0.309. The van der Waals surface area contributed by atoms with Crippen molar-refractivity contribution in [3.63, 3.8) is 0 Å². The normalized spacial score (nSPS) is 14.9. The van der Waals surface area contributed by atoms with Gasteiger partial charge in [-0.15, -0.1) is 0 Å². The lowest BCUT2D eigenvalue weighted by Crippen LogP contribution is -2.36. The summed E-state index contributed by atoms with van der Waals surface area (Å²) in [5.74, 6) is 1.69. The smallest absolute Gasteiger partial charge is 0.237 e. The van der Waals surface area contributed by atoms with Crippen molar-refractivity contribution in [1.29, 1.82) is 0 Å². The Hall–Kier alpha value is -2.56. The van der Waals surface area contributed by atoms with E-state index in [2.05, 4.69) is 57.9 Å². The van der Waals surface area contributed by atoms with Gasteiger partial charge in [-0.25, -0.2) is 9.97 Å². The van der Waals surface area contributed by atoms with Crippen LogP contribution in [0.3, 0.4) is 0 Å². The lowest BCUT2D eigenvalue weighted by Gasteiger charge is -2.25. The number of morpholine rings is 1. The maximum atomic E-state index is 5.49. The van der Waals surface area contributed by atoms with Gasteiger partial charge in [-0.05, 0) is 11.0 Å². The maximum Gasteiger partial charge on any atom is 0.237 e. The third-order valence-electron chi connectivity index (χ3n) is 5.24. The van der Waals surface area contributed by atoms with E-state index in [-0.39, 0.29) is 5.41 Å². The van der Waals surface area contributed by atoms with Gasteiger partial charge in [0.2, 0.25) is 11.7 Å². The van der Waals surface area contributed by atoms with E-state index in [9.17, 15) is 0 Å². The molecule has 1 aliphatic heterocycles. The number of anilines is 1. The average molecular weight is 469 g/mol. The summed E-state index contributed by atoms with van der Waals surface area (Å²) in [5, 5.41) is 6.00. The van der Waals surface area contributed by atoms with Crippen LogP contribution >= 0.6 is 23.1 Å². The number of fused-ring (bicyclic) bond motifs is 1. The number of aromatic nitrogens is 5. The molecule has 32 heavy (non-hydrogen) atoms. The number of thiazole rings is 1. The minimum atomic E-state index is 0.110. The molecule has 1 aromatic carbocycles. The standard InChI is InChI=1S/C22H24N6O2S2/c1-22(2,3)15-6-4-14(5-7-15)18-25-16(30-27-18)12-31-20-17-19(23-13-24-20)26-21(32-17)28-8-10-29-11-9-28/h4-7,13H,8-12H2,1-3H3. The Labute approximate surface area is 194 Å². The first-order valence-corrected chi connectivity index (χ1v) is 12.3. The molecule has 4 heterocycles. The lowest BCUT2D eigenvalue weighted by molar-refractivity contribution is 0.122. The van der Waals surface area contributed by atoms with Crippen LogP contribution in [0, 0.1) is 0 Å². The molecule has 0 aliphatic carbocycles. The van der Waals surface area contributed by atoms with Crippen LogP contribution in [0.1, 0.15) is 32.2 Å². The molecule has 0 unspecified atom stereocenters. The number of hydrogen-bond acceptors (Lipinski definition) is 10. The molecule has 166 valence electrons. The molecule has 5 rings (SSSR count). The molecular weight excluding hydrogens is 444 g/mol. The monoisotopic (exact) mass is 468 g/mol. The highest BCUT2D eigenvalue weighted by Gasteiger charge is 2.19. The van der Waals surface area contributed by atoms with Crippen LogP contribution in [0.4, 0.5) is 5.13 Å². The van der Waals surface area contributed by atoms with Crippen molar-refractivity contribution >= 4 is 38.6 Å². The highest BCUT2D eigenvalue weighted by atomic mass is 32.2. The van der Waals surface area contributed by atoms with Crippen LogP contribution < -0.4 is 4.90 Å². The van der Waals surface area contributed by atoms with Gasteiger partial charge in [-0.1, -0.05) is 73.3 Å². The Morgan fingerprint density at radius 3 is 2.59 bits per heavy atom. The van der Waals surface area contributed by atoms with Crippen molar-refractivity contribution in [2.24, 2.45) is 0 Å². The first-order chi connectivity index (χ1) is 15.5. The van der Waals surface area contributed by atoms with E-state index in [1.54, 1.807) is 29.4 Å². The van der Waals surface area contributed by atoms with Gasteiger partial charge in [0.05, 0.1) is 19.0 Å². The van der Waals surface area contributed by atoms with Crippen molar-refractivity contribution < 1.29 is 9.26 Å². The molecule has 3 aromatic heterocycles. The fraction of sp³-hybridized carbons (Fsp3) is 0.409. The summed E-state index contributed by atoms with van der Waals surface area (Å²) >= 11 is 3.17. The summed E-state index contributed by atoms with van der Waals surface area (Å²) in [4.78, 5) is 20.3. The second-order valence-electron chi connectivity index (χ2n) is 8.56. The zero-order valence-corrected chi connectivity index (χ0v) is 19.9. The van der Waals surface area contributed by atoms with Crippen molar-refractivity contribution in [3.05, 3.63) is 42.0 Å². The van der Waals surface area contributed by atoms with Crippen LogP contribution in [0.5, 0.6) is 0 Å². The topological polar surface area (TPSA) is 90.1 Å². The number of benzene rings is 1. The first-order valence-electron chi connectivity index (χ1n) is 10.5. The fourth-order valence-corrected chi connectivity index (χ4v) is 5.37. The summed E-state index contributed by atoms with van der Waals surface area (Å²) in [6.45, 7) is 9.73. The highest BCUT2D eigenvalue weighted by Crippen LogP contribution is 2.35. The molecule has 0 atom stereocenters. The van der Waals surface area contributed by atoms with Gasteiger partial charge in [-0.2, -0.15) is 9.97 Å². The average Bonchev–Trinajstić information content (AvgIpc) is 3.45. The Kier molecular flexibility index (Phi) is 5.83. The van der Waals surface area contributed by atoms with Crippen LogP contribution in [-0.4, -0.2) is 51.4 Å². The molecular formula is C22H24N6O2S2. The Bertz CT molecular complexity index is 1210. The molecule has 1 saturated heterocycles. The van der Waals surface area contributed by atoms with E-state index in [1.165, 1.54) is 5.56 Å². The van der Waals surface area contributed by atoms with Gasteiger partial charge in [0.1, 0.15) is 16.1 Å². The van der Waals surface area contributed by atoms with Crippen molar-refractivity contribution in [2.75, 3.05) is 31.2 Å². The Morgan fingerprint density at radius 1 is 1.06 bits per heavy atom. The first kappa shape index (κ1) is 21.3. The fourth-order valence-electron chi connectivity index (χ4n) is 3.40.